The molecule has 19 heavy (non-hydrogen) atoms. The molecule has 0 bridgehead atoms. The third-order valence-electron chi connectivity index (χ3n) is 2.53. The Labute approximate surface area is 120 Å². The van der Waals surface area contributed by atoms with Gasteiger partial charge in [-0.25, -0.2) is 13.1 Å². The number of nitrogens with one attached hydrogen (secondary N) is 1. The van der Waals surface area contributed by atoms with Gasteiger partial charge in [-0.1, -0.05) is 16.8 Å². The first-order chi connectivity index (χ1) is 8.90. The first-order valence-corrected chi connectivity index (χ1v) is 8.24. The van der Waals surface area contributed by atoms with Crippen LogP contribution in [0.1, 0.15) is 16.3 Å². The zero-order valence-corrected chi connectivity index (χ0v) is 12.8. The normalized spacial score (nSPS) is 11.9. The first kappa shape index (κ1) is 14.5. The Balaban J connectivity index is 2.03. The molecule has 0 radical (unpaired) electrons. The number of rotatable bonds is 5. The fourth-order valence-corrected chi connectivity index (χ4v) is 4.17. The Morgan fingerprint density at radius 1 is 1.42 bits per heavy atom. The van der Waals surface area contributed by atoms with E-state index in [1.165, 1.54) is 11.3 Å². The molecule has 0 unspecified atom stereocenters. The number of hydrogen-bond donors (Lipinski definition) is 1. The summed E-state index contributed by atoms with van der Waals surface area (Å²) < 4.78 is 32.3. The standard InChI is InChI=1S/C11H13ClN2O3S2/c1-7-11(8(2)17-14-7)19(15,16)13-6-5-9-3-4-10(12)18-9/h3-4,13H,5-6H2,1-2H3. The van der Waals surface area contributed by atoms with Crippen LogP contribution in [0.5, 0.6) is 0 Å². The highest BCUT2D eigenvalue weighted by Crippen LogP contribution is 2.22. The van der Waals surface area contributed by atoms with E-state index in [4.69, 9.17) is 16.1 Å². The number of nitrogens with zero attached hydrogens (tertiary/aromatic N) is 1. The van der Waals surface area contributed by atoms with Crippen LogP contribution in [-0.4, -0.2) is 20.1 Å². The minimum Gasteiger partial charge on any atom is -0.360 e. The largest absolute Gasteiger partial charge is 0.360 e. The molecular formula is C11H13ClN2O3S2. The van der Waals surface area contributed by atoms with Crippen molar-refractivity contribution in [2.24, 2.45) is 0 Å². The Bertz CT molecular complexity index is 656. The van der Waals surface area contributed by atoms with Gasteiger partial charge in [0.2, 0.25) is 10.0 Å². The van der Waals surface area contributed by atoms with Crippen molar-refractivity contribution in [3.8, 4) is 0 Å². The van der Waals surface area contributed by atoms with Crippen LogP contribution in [0.3, 0.4) is 0 Å². The van der Waals surface area contributed by atoms with Gasteiger partial charge in [0.1, 0.15) is 10.6 Å². The molecule has 2 heterocycles. The predicted molar refractivity (Wildman–Crippen MR) is 74.2 cm³/mol. The van der Waals surface area contributed by atoms with Crippen LogP contribution in [0.4, 0.5) is 0 Å². The molecule has 2 aromatic rings. The molecule has 2 rings (SSSR count). The average molecular weight is 321 g/mol. The zero-order chi connectivity index (χ0) is 14.0. The highest BCUT2D eigenvalue weighted by molar-refractivity contribution is 7.89. The maximum atomic E-state index is 12.1. The maximum absolute atomic E-state index is 12.1. The van der Waals surface area contributed by atoms with Gasteiger partial charge in [-0.2, -0.15) is 0 Å². The number of hydrogen-bond acceptors (Lipinski definition) is 5. The molecule has 104 valence electrons. The highest BCUT2D eigenvalue weighted by atomic mass is 35.5. The van der Waals surface area contributed by atoms with Gasteiger partial charge in [-0.3, -0.25) is 0 Å². The summed E-state index contributed by atoms with van der Waals surface area (Å²) in [4.78, 5) is 1.16. The van der Waals surface area contributed by atoms with Crippen LogP contribution in [0, 0.1) is 13.8 Å². The van der Waals surface area contributed by atoms with Crippen molar-refractivity contribution in [2.75, 3.05) is 6.54 Å². The number of sulfonamides is 1. The third-order valence-corrected chi connectivity index (χ3v) is 5.52. The smallest absolute Gasteiger partial charge is 0.245 e. The monoisotopic (exact) mass is 320 g/mol. The van der Waals surface area contributed by atoms with Gasteiger partial charge in [-0.05, 0) is 32.4 Å². The molecule has 2 aromatic heterocycles. The van der Waals surface area contributed by atoms with Crippen LogP contribution in [0.25, 0.3) is 0 Å². The topological polar surface area (TPSA) is 72.2 Å². The van der Waals surface area contributed by atoms with Gasteiger partial charge in [0.05, 0.1) is 4.34 Å². The van der Waals surface area contributed by atoms with Crippen LogP contribution >= 0.6 is 22.9 Å². The lowest BCUT2D eigenvalue weighted by Gasteiger charge is -2.05. The van der Waals surface area contributed by atoms with E-state index in [1.807, 2.05) is 6.07 Å². The van der Waals surface area contributed by atoms with E-state index < -0.39 is 10.0 Å². The van der Waals surface area contributed by atoms with Gasteiger partial charge >= 0.3 is 0 Å². The fourth-order valence-electron chi connectivity index (χ4n) is 1.73. The summed E-state index contributed by atoms with van der Waals surface area (Å²) in [5.41, 5.74) is 0.365. The second-order valence-electron chi connectivity index (χ2n) is 4.01. The van der Waals surface area contributed by atoms with Crippen molar-refractivity contribution < 1.29 is 12.9 Å². The van der Waals surface area contributed by atoms with E-state index in [0.717, 1.165) is 4.88 Å². The van der Waals surface area contributed by atoms with E-state index in [2.05, 4.69) is 9.88 Å². The first-order valence-electron chi connectivity index (χ1n) is 5.57. The molecule has 0 saturated heterocycles. The molecular weight excluding hydrogens is 308 g/mol. The molecule has 0 spiro atoms. The summed E-state index contributed by atoms with van der Waals surface area (Å²) >= 11 is 7.25. The summed E-state index contributed by atoms with van der Waals surface area (Å²) in [6.45, 7) is 3.49. The molecule has 8 heteroatoms. The SMILES string of the molecule is Cc1noc(C)c1S(=O)(=O)NCCc1ccc(Cl)s1. The predicted octanol–water partition coefficient (Wildman–Crippen LogP) is 2.53. The average Bonchev–Trinajstić information content (AvgIpc) is 2.86. The second-order valence-corrected chi connectivity index (χ2v) is 7.51. The Morgan fingerprint density at radius 2 is 2.16 bits per heavy atom. The van der Waals surface area contributed by atoms with E-state index in [-0.39, 0.29) is 4.90 Å². The molecule has 0 aromatic carbocycles. The minimum atomic E-state index is -3.58. The van der Waals surface area contributed by atoms with E-state index in [0.29, 0.717) is 28.8 Å². The highest BCUT2D eigenvalue weighted by Gasteiger charge is 2.23. The molecule has 0 fully saturated rings. The van der Waals surface area contributed by atoms with Crippen molar-refractivity contribution in [1.29, 1.82) is 0 Å². The quantitative estimate of drug-likeness (QED) is 0.918. The molecule has 0 aliphatic heterocycles. The summed E-state index contributed by atoms with van der Waals surface area (Å²) in [5, 5.41) is 3.64. The Hall–Kier alpha value is -0.890. The Kier molecular flexibility index (Phi) is 4.29. The lowest BCUT2D eigenvalue weighted by Crippen LogP contribution is -2.26. The summed E-state index contributed by atoms with van der Waals surface area (Å²) in [7, 11) is -3.58. The lowest BCUT2D eigenvalue weighted by atomic mass is 10.3. The van der Waals surface area contributed by atoms with E-state index >= 15 is 0 Å². The fraction of sp³-hybridized carbons (Fsp3) is 0.364. The van der Waals surface area contributed by atoms with Gasteiger partial charge in [0, 0.05) is 11.4 Å². The van der Waals surface area contributed by atoms with Crippen LogP contribution in [0.2, 0.25) is 4.34 Å². The lowest BCUT2D eigenvalue weighted by molar-refractivity contribution is 0.390. The van der Waals surface area contributed by atoms with Crippen molar-refractivity contribution in [3.05, 3.63) is 32.8 Å². The van der Waals surface area contributed by atoms with Gasteiger partial charge in [0.25, 0.3) is 0 Å². The molecule has 0 atom stereocenters. The van der Waals surface area contributed by atoms with Crippen LogP contribution in [0.15, 0.2) is 21.6 Å². The molecule has 1 N–H and O–H groups in total. The van der Waals surface area contributed by atoms with Gasteiger partial charge in [0.15, 0.2) is 5.76 Å². The number of aromatic nitrogens is 1. The molecule has 0 aliphatic rings. The van der Waals surface area contributed by atoms with Crippen LogP contribution < -0.4 is 4.72 Å². The van der Waals surface area contributed by atoms with E-state index in [9.17, 15) is 8.42 Å². The Morgan fingerprint density at radius 3 is 2.68 bits per heavy atom. The van der Waals surface area contributed by atoms with Crippen molar-refractivity contribution in [3.63, 3.8) is 0 Å². The zero-order valence-electron chi connectivity index (χ0n) is 10.4. The summed E-state index contributed by atoms with van der Waals surface area (Å²) in [6.07, 6.45) is 0.597. The number of thiophene rings is 1. The maximum Gasteiger partial charge on any atom is 0.245 e. The summed E-state index contributed by atoms with van der Waals surface area (Å²) in [5.74, 6) is 0.296. The van der Waals surface area contributed by atoms with Gasteiger partial charge in [-0.15, -0.1) is 11.3 Å². The minimum absolute atomic E-state index is 0.122. The molecule has 0 aliphatic carbocycles. The van der Waals surface area contributed by atoms with Crippen molar-refractivity contribution in [1.82, 2.24) is 9.88 Å². The molecule has 0 amide bonds. The van der Waals surface area contributed by atoms with Crippen LogP contribution in [-0.2, 0) is 16.4 Å². The number of aryl methyl sites for hydroxylation is 2. The van der Waals surface area contributed by atoms with Crippen molar-refractivity contribution in [2.45, 2.75) is 25.2 Å². The summed E-state index contributed by atoms with van der Waals surface area (Å²) in [6, 6.07) is 3.68. The third kappa shape index (κ3) is 3.36. The number of halogens is 1. The van der Waals surface area contributed by atoms with Gasteiger partial charge < -0.3 is 4.52 Å². The molecule has 0 saturated carbocycles. The molecule has 5 nitrogen and oxygen atoms in total. The second kappa shape index (κ2) is 5.62. The van der Waals surface area contributed by atoms with Crippen molar-refractivity contribution >= 4 is 33.0 Å². The van der Waals surface area contributed by atoms with E-state index in [1.54, 1.807) is 19.9 Å².